The van der Waals surface area contributed by atoms with Crippen LogP contribution in [0.25, 0.3) is 0 Å². The summed E-state index contributed by atoms with van der Waals surface area (Å²) in [5.41, 5.74) is 0.332. The average molecular weight is 340 g/mol. The van der Waals surface area contributed by atoms with Crippen LogP contribution < -0.4 is 5.32 Å². The van der Waals surface area contributed by atoms with Crippen molar-refractivity contribution in [2.45, 2.75) is 25.8 Å². The van der Waals surface area contributed by atoms with Crippen LogP contribution in [0.5, 0.6) is 0 Å². The molecule has 0 fully saturated rings. The number of carboxylic acid groups (broad SMARTS) is 1. The van der Waals surface area contributed by atoms with E-state index in [4.69, 9.17) is 21.1 Å². The number of aryl methyl sites for hydroxylation is 1. The van der Waals surface area contributed by atoms with Crippen LogP contribution in [0.4, 0.5) is 4.39 Å². The normalized spacial score (nSPS) is 12.0. The first kappa shape index (κ1) is 17.0. The number of carboxylic acids is 1. The number of carbonyl (C=O) groups is 2. The molecule has 0 saturated carbocycles. The van der Waals surface area contributed by atoms with E-state index in [2.05, 4.69) is 5.32 Å². The van der Waals surface area contributed by atoms with Crippen LogP contribution in [-0.2, 0) is 16.0 Å². The van der Waals surface area contributed by atoms with Gasteiger partial charge in [0.2, 0.25) is 5.91 Å². The number of halogens is 2. The van der Waals surface area contributed by atoms with Gasteiger partial charge >= 0.3 is 5.97 Å². The molecule has 0 aliphatic carbocycles. The van der Waals surface area contributed by atoms with Gasteiger partial charge in [0.25, 0.3) is 0 Å². The molecule has 7 heteroatoms. The molecule has 0 bridgehead atoms. The molecule has 1 atom stereocenters. The second kappa shape index (κ2) is 7.28. The highest BCUT2D eigenvalue weighted by Crippen LogP contribution is 2.22. The maximum absolute atomic E-state index is 13.6. The third-order valence-electron chi connectivity index (χ3n) is 3.19. The van der Waals surface area contributed by atoms with Crippen LogP contribution in [0.1, 0.15) is 29.5 Å². The van der Waals surface area contributed by atoms with E-state index in [9.17, 15) is 14.0 Å². The Labute approximate surface area is 137 Å². The van der Waals surface area contributed by atoms with Gasteiger partial charge in [-0.25, -0.2) is 4.39 Å². The third kappa shape index (κ3) is 4.82. The van der Waals surface area contributed by atoms with E-state index in [1.807, 2.05) is 0 Å². The fraction of sp³-hybridized carbons (Fsp3) is 0.250. The van der Waals surface area contributed by atoms with E-state index in [0.29, 0.717) is 17.1 Å². The standard InChI is InChI=1S/C16H15ClFNO4/c1-9-2-4-11(23-9)7-15(20)19-14(8-16(21)22)10-3-5-12(17)13(18)6-10/h2-6,14H,7-8H2,1H3,(H,19,20)(H,21,22). The Balaban J connectivity index is 2.12. The maximum Gasteiger partial charge on any atom is 0.305 e. The topological polar surface area (TPSA) is 79.5 Å². The minimum Gasteiger partial charge on any atom is -0.481 e. The SMILES string of the molecule is Cc1ccc(CC(=O)NC(CC(=O)O)c2ccc(Cl)c(F)c2)o1. The van der Waals surface area contributed by atoms with Gasteiger partial charge in [-0.05, 0) is 36.8 Å². The third-order valence-corrected chi connectivity index (χ3v) is 3.50. The molecule has 1 aromatic heterocycles. The van der Waals surface area contributed by atoms with Crippen molar-refractivity contribution in [3.05, 3.63) is 58.3 Å². The Kier molecular flexibility index (Phi) is 5.39. The number of carbonyl (C=O) groups excluding carboxylic acids is 1. The average Bonchev–Trinajstić information content (AvgIpc) is 2.85. The van der Waals surface area contributed by atoms with Crippen molar-refractivity contribution < 1.29 is 23.5 Å². The first-order valence-electron chi connectivity index (χ1n) is 6.86. The van der Waals surface area contributed by atoms with Crippen LogP contribution in [0.15, 0.2) is 34.7 Å². The maximum atomic E-state index is 13.6. The van der Waals surface area contributed by atoms with Crippen LogP contribution in [0.2, 0.25) is 5.02 Å². The monoisotopic (exact) mass is 339 g/mol. The zero-order valence-corrected chi connectivity index (χ0v) is 13.1. The summed E-state index contributed by atoms with van der Waals surface area (Å²) in [5, 5.41) is 11.5. The highest BCUT2D eigenvalue weighted by molar-refractivity contribution is 6.30. The zero-order chi connectivity index (χ0) is 17.0. The molecule has 1 heterocycles. The molecule has 1 unspecified atom stereocenters. The van der Waals surface area contributed by atoms with Gasteiger partial charge in [-0.1, -0.05) is 17.7 Å². The summed E-state index contributed by atoms with van der Waals surface area (Å²) in [7, 11) is 0. The minimum atomic E-state index is -1.11. The van der Waals surface area contributed by atoms with E-state index in [-0.39, 0.29) is 17.9 Å². The lowest BCUT2D eigenvalue weighted by Crippen LogP contribution is -2.31. The van der Waals surface area contributed by atoms with Gasteiger partial charge in [0.15, 0.2) is 0 Å². The Morgan fingerprint density at radius 2 is 2.09 bits per heavy atom. The molecular formula is C16H15ClFNO4. The Morgan fingerprint density at radius 1 is 1.35 bits per heavy atom. The number of hydrogen-bond acceptors (Lipinski definition) is 3. The smallest absolute Gasteiger partial charge is 0.305 e. The molecule has 2 aromatic rings. The summed E-state index contributed by atoms with van der Waals surface area (Å²) in [6.45, 7) is 1.76. The van der Waals surface area contributed by atoms with Gasteiger partial charge in [-0.2, -0.15) is 0 Å². The van der Waals surface area contributed by atoms with Gasteiger partial charge < -0.3 is 14.8 Å². The Morgan fingerprint density at radius 3 is 2.65 bits per heavy atom. The van der Waals surface area contributed by atoms with Crippen molar-refractivity contribution in [1.29, 1.82) is 0 Å². The Bertz CT molecular complexity index is 729. The van der Waals surface area contributed by atoms with E-state index < -0.39 is 23.7 Å². The number of amides is 1. The molecule has 0 saturated heterocycles. The number of rotatable bonds is 6. The molecule has 2 rings (SSSR count). The van der Waals surface area contributed by atoms with Crippen LogP contribution in [0, 0.1) is 12.7 Å². The van der Waals surface area contributed by atoms with Crippen molar-refractivity contribution in [3.8, 4) is 0 Å². The summed E-state index contributed by atoms with van der Waals surface area (Å²) in [6.07, 6.45) is -0.399. The second-order valence-corrected chi connectivity index (χ2v) is 5.49. The Hall–Kier alpha value is -2.34. The fourth-order valence-corrected chi connectivity index (χ4v) is 2.26. The number of furan rings is 1. The lowest BCUT2D eigenvalue weighted by atomic mass is 10.0. The van der Waals surface area contributed by atoms with Gasteiger partial charge in [-0.15, -0.1) is 0 Å². The van der Waals surface area contributed by atoms with Crippen molar-refractivity contribution in [1.82, 2.24) is 5.32 Å². The number of aliphatic carboxylic acids is 1. The molecule has 0 aliphatic rings. The van der Waals surface area contributed by atoms with Gasteiger partial charge in [-0.3, -0.25) is 9.59 Å². The molecule has 5 nitrogen and oxygen atoms in total. The molecule has 1 aromatic carbocycles. The number of hydrogen-bond donors (Lipinski definition) is 2. The first-order chi connectivity index (χ1) is 10.8. The van der Waals surface area contributed by atoms with Gasteiger partial charge in [0, 0.05) is 0 Å². The van der Waals surface area contributed by atoms with Crippen LogP contribution in [-0.4, -0.2) is 17.0 Å². The molecule has 1 amide bonds. The van der Waals surface area contributed by atoms with Crippen molar-refractivity contribution in [2.24, 2.45) is 0 Å². The molecule has 122 valence electrons. The van der Waals surface area contributed by atoms with E-state index >= 15 is 0 Å². The summed E-state index contributed by atoms with van der Waals surface area (Å²) < 4.78 is 18.9. The molecular weight excluding hydrogens is 325 g/mol. The molecule has 23 heavy (non-hydrogen) atoms. The minimum absolute atomic E-state index is 0.0277. The van der Waals surface area contributed by atoms with Crippen molar-refractivity contribution in [2.75, 3.05) is 0 Å². The molecule has 0 aliphatic heterocycles. The van der Waals surface area contributed by atoms with E-state index in [0.717, 1.165) is 6.07 Å². The van der Waals surface area contributed by atoms with Crippen molar-refractivity contribution >= 4 is 23.5 Å². The van der Waals surface area contributed by atoms with Crippen molar-refractivity contribution in [3.63, 3.8) is 0 Å². The summed E-state index contributed by atoms with van der Waals surface area (Å²) >= 11 is 5.62. The quantitative estimate of drug-likeness (QED) is 0.846. The predicted octanol–water partition coefficient (Wildman–Crippen LogP) is 3.26. The van der Waals surface area contributed by atoms with E-state index in [1.54, 1.807) is 19.1 Å². The molecule has 0 radical (unpaired) electrons. The zero-order valence-electron chi connectivity index (χ0n) is 12.3. The molecule has 0 spiro atoms. The first-order valence-corrected chi connectivity index (χ1v) is 7.24. The van der Waals surface area contributed by atoms with Crippen LogP contribution in [0.3, 0.4) is 0 Å². The summed E-state index contributed by atoms with van der Waals surface area (Å²) in [6, 6.07) is 6.46. The predicted molar refractivity (Wildman–Crippen MR) is 81.7 cm³/mol. The summed E-state index contributed by atoms with van der Waals surface area (Å²) in [5.74, 6) is -1.05. The molecule has 2 N–H and O–H groups in total. The fourth-order valence-electron chi connectivity index (χ4n) is 2.14. The lowest BCUT2D eigenvalue weighted by molar-refractivity contribution is -0.137. The summed E-state index contributed by atoms with van der Waals surface area (Å²) in [4.78, 5) is 23.0. The second-order valence-electron chi connectivity index (χ2n) is 5.08. The number of benzene rings is 1. The lowest BCUT2D eigenvalue weighted by Gasteiger charge is -2.17. The largest absolute Gasteiger partial charge is 0.481 e. The van der Waals surface area contributed by atoms with Gasteiger partial charge in [0.1, 0.15) is 17.3 Å². The highest BCUT2D eigenvalue weighted by atomic mass is 35.5. The van der Waals surface area contributed by atoms with Crippen LogP contribution >= 0.6 is 11.6 Å². The van der Waals surface area contributed by atoms with E-state index in [1.165, 1.54) is 12.1 Å². The van der Waals surface area contributed by atoms with Gasteiger partial charge in [0.05, 0.1) is 23.9 Å². The number of nitrogens with one attached hydrogen (secondary N) is 1. The highest BCUT2D eigenvalue weighted by Gasteiger charge is 2.20.